The van der Waals surface area contributed by atoms with E-state index in [-0.39, 0.29) is 13.0 Å². The molecule has 0 aromatic carbocycles. The summed E-state index contributed by atoms with van der Waals surface area (Å²) in [5, 5.41) is 0. The van der Waals surface area contributed by atoms with E-state index in [9.17, 15) is 13.6 Å². The maximum Gasteiger partial charge on any atom is 0.267 e. The molecule has 1 rings (SSSR count). The number of hydrogen-bond donors (Lipinski definition) is 0. The lowest BCUT2D eigenvalue weighted by Gasteiger charge is -2.12. The minimum atomic E-state index is -2.70. The first-order valence-electron chi connectivity index (χ1n) is 3.34. The van der Waals surface area contributed by atoms with Gasteiger partial charge in [-0.25, -0.2) is 8.78 Å². The van der Waals surface area contributed by atoms with Crippen LogP contribution in [0.15, 0.2) is 12.7 Å². The minimum Gasteiger partial charge on any atom is -0.333 e. The molecule has 0 aromatic rings. The van der Waals surface area contributed by atoms with Crippen LogP contribution in [0.3, 0.4) is 0 Å². The average Bonchev–Trinajstić information content (AvgIpc) is 2.29. The van der Waals surface area contributed by atoms with Gasteiger partial charge in [-0.2, -0.15) is 0 Å². The van der Waals surface area contributed by atoms with Crippen LogP contribution >= 0.6 is 0 Å². The highest BCUT2D eigenvalue weighted by Crippen LogP contribution is 2.26. The number of rotatable bonds is 1. The Labute approximate surface area is 63.5 Å². The number of carbonyl (C=O) groups excluding carboxylic acids is 1. The van der Waals surface area contributed by atoms with E-state index in [1.807, 2.05) is 0 Å². The first-order chi connectivity index (χ1) is 5.05. The van der Waals surface area contributed by atoms with Gasteiger partial charge in [0.25, 0.3) is 5.92 Å². The fourth-order valence-corrected chi connectivity index (χ4v) is 1.05. The van der Waals surface area contributed by atoms with Crippen molar-refractivity contribution in [1.29, 1.82) is 0 Å². The zero-order valence-electron chi connectivity index (χ0n) is 6.02. The number of amides is 1. The van der Waals surface area contributed by atoms with E-state index < -0.39 is 18.4 Å². The van der Waals surface area contributed by atoms with Crippen LogP contribution in [0.5, 0.6) is 0 Å². The van der Waals surface area contributed by atoms with Gasteiger partial charge < -0.3 is 4.90 Å². The van der Waals surface area contributed by atoms with Crippen molar-refractivity contribution in [3.8, 4) is 0 Å². The predicted molar refractivity (Wildman–Crippen MR) is 36.3 cm³/mol. The lowest BCUT2D eigenvalue weighted by Crippen LogP contribution is -2.29. The first kappa shape index (κ1) is 8.17. The molecule has 0 unspecified atom stereocenters. The summed E-state index contributed by atoms with van der Waals surface area (Å²) >= 11 is 0. The second-order valence-electron chi connectivity index (χ2n) is 2.57. The molecule has 0 bridgehead atoms. The van der Waals surface area contributed by atoms with Gasteiger partial charge in [-0.3, -0.25) is 4.79 Å². The van der Waals surface area contributed by atoms with Crippen LogP contribution in [-0.2, 0) is 4.79 Å². The van der Waals surface area contributed by atoms with Gasteiger partial charge in [-0.1, -0.05) is 6.58 Å². The van der Waals surface area contributed by atoms with Crippen LogP contribution in [0, 0.1) is 0 Å². The molecule has 0 saturated carbocycles. The summed E-state index contributed by atoms with van der Waals surface area (Å²) in [6, 6.07) is 0. The number of alkyl halides is 2. The van der Waals surface area contributed by atoms with Crippen LogP contribution in [-0.4, -0.2) is 29.8 Å². The van der Waals surface area contributed by atoms with Crippen LogP contribution in [0.4, 0.5) is 8.78 Å². The Balaban J connectivity index is 2.54. The highest BCUT2D eigenvalue weighted by atomic mass is 19.3. The Hall–Kier alpha value is -0.930. The Morgan fingerprint density at radius 2 is 2.27 bits per heavy atom. The van der Waals surface area contributed by atoms with Crippen molar-refractivity contribution in [2.24, 2.45) is 0 Å². The molecule has 0 spiro atoms. The lowest BCUT2D eigenvalue weighted by atomic mass is 10.3. The third-order valence-corrected chi connectivity index (χ3v) is 1.66. The molecule has 62 valence electrons. The van der Waals surface area contributed by atoms with Crippen molar-refractivity contribution in [3.05, 3.63) is 12.7 Å². The smallest absolute Gasteiger partial charge is 0.267 e. The Morgan fingerprint density at radius 1 is 1.64 bits per heavy atom. The number of carbonyl (C=O) groups is 1. The lowest BCUT2D eigenvalue weighted by molar-refractivity contribution is -0.126. The summed E-state index contributed by atoms with van der Waals surface area (Å²) in [6.07, 6.45) is 0.827. The fraction of sp³-hybridized carbons (Fsp3) is 0.571. The molecule has 1 aliphatic rings. The summed E-state index contributed by atoms with van der Waals surface area (Å²) in [6.45, 7) is 2.89. The van der Waals surface area contributed by atoms with Crippen molar-refractivity contribution >= 4 is 5.91 Å². The van der Waals surface area contributed by atoms with Gasteiger partial charge in [0.2, 0.25) is 5.91 Å². The summed E-state index contributed by atoms with van der Waals surface area (Å²) in [5.74, 6) is -3.11. The molecule has 2 nitrogen and oxygen atoms in total. The SMILES string of the molecule is C=CC(=O)N1CCC(F)(F)C1. The van der Waals surface area contributed by atoms with Gasteiger partial charge in [-0.05, 0) is 6.08 Å². The molecule has 4 heteroatoms. The third-order valence-electron chi connectivity index (χ3n) is 1.66. The molecule has 1 heterocycles. The quantitative estimate of drug-likeness (QED) is 0.526. The Morgan fingerprint density at radius 3 is 2.64 bits per heavy atom. The number of hydrogen-bond acceptors (Lipinski definition) is 1. The molecule has 1 saturated heterocycles. The van der Waals surface area contributed by atoms with E-state index in [1.165, 1.54) is 0 Å². The number of likely N-dealkylation sites (tertiary alicyclic amines) is 1. The summed E-state index contributed by atoms with van der Waals surface area (Å²) in [4.78, 5) is 11.9. The van der Waals surface area contributed by atoms with E-state index >= 15 is 0 Å². The molecule has 0 N–H and O–H groups in total. The van der Waals surface area contributed by atoms with E-state index in [1.54, 1.807) is 0 Å². The first-order valence-corrected chi connectivity index (χ1v) is 3.34. The molecule has 11 heavy (non-hydrogen) atoms. The van der Waals surface area contributed by atoms with E-state index in [0.717, 1.165) is 11.0 Å². The predicted octanol–water partition coefficient (Wildman–Crippen LogP) is 1.04. The van der Waals surface area contributed by atoms with Crippen molar-refractivity contribution in [1.82, 2.24) is 4.90 Å². The third kappa shape index (κ3) is 1.76. The fourth-order valence-electron chi connectivity index (χ4n) is 1.05. The van der Waals surface area contributed by atoms with Crippen LogP contribution in [0.25, 0.3) is 0 Å². The van der Waals surface area contributed by atoms with E-state index in [2.05, 4.69) is 6.58 Å². The van der Waals surface area contributed by atoms with Gasteiger partial charge in [0, 0.05) is 13.0 Å². The largest absolute Gasteiger partial charge is 0.333 e. The zero-order chi connectivity index (χ0) is 8.48. The molecule has 0 aromatic heterocycles. The highest BCUT2D eigenvalue weighted by Gasteiger charge is 2.39. The number of halogens is 2. The van der Waals surface area contributed by atoms with Gasteiger partial charge in [0.1, 0.15) is 0 Å². The second-order valence-corrected chi connectivity index (χ2v) is 2.57. The maximum atomic E-state index is 12.5. The monoisotopic (exact) mass is 161 g/mol. The van der Waals surface area contributed by atoms with Crippen LogP contribution in [0.2, 0.25) is 0 Å². The van der Waals surface area contributed by atoms with Crippen LogP contribution < -0.4 is 0 Å². The van der Waals surface area contributed by atoms with Gasteiger partial charge >= 0.3 is 0 Å². The zero-order valence-corrected chi connectivity index (χ0v) is 6.02. The van der Waals surface area contributed by atoms with Crippen molar-refractivity contribution < 1.29 is 13.6 Å². The van der Waals surface area contributed by atoms with Crippen molar-refractivity contribution in [2.75, 3.05) is 13.1 Å². The second kappa shape index (κ2) is 2.60. The van der Waals surface area contributed by atoms with Crippen molar-refractivity contribution in [2.45, 2.75) is 12.3 Å². The Kier molecular flexibility index (Phi) is 1.93. The van der Waals surface area contributed by atoms with Gasteiger partial charge in [0.05, 0.1) is 6.54 Å². The van der Waals surface area contributed by atoms with Gasteiger partial charge in [0.15, 0.2) is 0 Å². The Bertz CT molecular complexity index is 191. The summed E-state index contributed by atoms with van der Waals surface area (Å²) < 4.78 is 24.9. The summed E-state index contributed by atoms with van der Waals surface area (Å²) in [5.41, 5.74) is 0. The molecule has 0 atom stereocenters. The van der Waals surface area contributed by atoms with Crippen LogP contribution in [0.1, 0.15) is 6.42 Å². The molecular weight excluding hydrogens is 152 g/mol. The molecule has 1 amide bonds. The molecule has 0 aliphatic carbocycles. The molecular formula is C7H9F2NO. The summed E-state index contributed by atoms with van der Waals surface area (Å²) in [7, 11) is 0. The molecule has 1 aliphatic heterocycles. The molecule has 0 radical (unpaired) electrons. The minimum absolute atomic E-state index is 0.137. The highest BCUT2D eigenvalue weighted by molar-refractivity contribution is 5.87. The van der Waals surface area contributed by atoms with Gasteiger partial charge in [-0.15, -0.1) is 0 Å². The molecule has 1 fully saturated rings. The number of nitrogens with zero attached hydrogens (tertiary/aromatic N) is 1. The van der Waals surface area contributed by atoms with E-state index in [0.29, 0.717) is 0 Å². The average molecular weight is 161 g/mol. The topological polar surface area (TPSA) is 20.3 Å². The normalized spacial score (nSPS) is 21.8. The van der Waals surface area contributed by atoms with E-state index in [4.69, 9.17) is 0 Å². The van der Waals surface area contributed by atoms with Crippen molar-refractivity contribution in [3.63, 3.8) is 0 Å². The maximum absolute atomic E-state index is 12.5. The standard InChI is InChI=1S/C7H9F2NO/c1-2-6(11)10-4-3-7(8,9)5-10/h2H,1,3-5H2.